The van der Waals surface area contributed by atoms with E-state index >= 15 is 0 Å². The van der Waals surface area contributed by atoms with Crippen LogP contribution in [0.1, 0.15) is 31.7 Å². The summed E-state index contributed by atoms with van der Waals surface area (Å²) in [4.78, 5) is 2.54. The second-order valence-electron chi connectivity index (χ2n) is 5.36. The van der Waals surface area contributed by atoms with Crippen LogP contribution in [0.4, 0.5) is 0 Å². The molecule has 0 bridgehead atoms. The monoisotopic (exact) mass is 300 g/mol. The summed E-state index contributed by atoms with van der Waals surface area (Å²) < 4.78 is 0. The lowest BCUT2D eigenvalue weighted by Crippen LogP contribution is -2.41. The predicted octanol–water partition coefficient (Wildman–Crippen LogP) is 3.96. The van der Waals surface area contributed by atoms with Crippen LogP contribution in [0.3, 0.4) is 0 Å². The number of likely N-dealkylation sites (tertiary alicyclic amines) is 1. The number of piperidine rings is 1. The van der Waals surface area contributed by atoms with Gasteiger partial charge >= 0.3 is 0 Å². The molecule has 1 aromatic carbocycles. The van der Waals surface area contributed by atoms with Gasteiger partial charge in [0.25, 0.3) is 0 Å². The fourth-order valence-electron chi connectivity index (χ4n) is 2.56. The minimum absolute atomic E-state index is 0.466. The molecular formula is C15H22Cl2N2. The zero-order chi connectivity index (χ0) is 13.7. The lowest BCUT2D eigenvalue weighted by Gasteiger charge is -2.29. The highest BCUT2D eigenvalue weighted by atomic mass is 35.5. The molecule has 1 fully saturated rings. The van der Waals surface area contributed by atoms with Crippen molar-refractivity contribution in [1.29, 1.82) is 0 Å². The molecule has 0 radical (unpaired) electrons. The van der Waals surface area contributed by atoms with Gasteiger partial charge in [-0.1, -0.05) is 41.8 Å². The lowest BCUT2D eigenvalue weighted by atomic mass is 10.1. The van der Waals surface area contributed by atoms with Gasteiger partial charge in [0, 0.05) is 19.1 Å². The van der Waals surface area contributed by atoms with E-state index in [1.807, 2.05) is 18.2 Å². The van der Waals surface area contributed by atoms with E-state index in [2.05, 4.69) is 17.1 Å². The molecule has 1 aromatic rings. The van der Waals surface area contributed by atoms with Crippen molar-refractivity contribution in [3.05, 3.63) is 33.8 Å². The van der Waals surface area contributed by atoms with Crippen molar-refractivity contribution in [3.8, 4) is 0 Å². The Morgan fingerprint density at radius 1 is 1.21 bits per heavy atom. The van der Waals surface area contributed by atoms with Crippen molar-refractivity contribution in [2.75, 3.05) is 19.6 Å². The van der Waals surface area contributed by atoms with Crippen molar-refractivity contribution >= 4 is 23.2 Å². The Labute approximate surface area is 126 Å². The summed E-state index contributed by atoms with van der Waals surface area (Å²) in [6.45, 7) is 6.59. The molecule has 2 nitrogen and oxygen atoms in total. The van der Waals surface area contributed by atoms with Crippen molar-refractivity contribution in [2.45, 2.75) is 38.8 Å². The number of benzene rings is 1. The number of nitrogens with one attached hydrogen (secondary N) is 1. The average molecular weight is 301 g/mol. The van der Waals surface area contributed by atoms with Gasteiger partial charge in [-0.3, -0.25) is 0 Å². The van der Waals surface area contributed by atoms with Crippen LogP contribution >= 0.6 is 23.2 Å². The average Bonchev–Trinajstić information content (AvgIpc) is 2.42. The van der Waals surface area contributed by atoms with Gasteiger partial charge in [-0.25, -0.2) is 0 Å². The van der Waals surface area contributed by atoms with Crippen molar-refractivity contribution in [3.63, 3.8) is 0 Å². The van der Waals surface area contributed by atoms with Crippen molar-refractivity contribution in [2.24, 2.45) is 0 Å². The highest BCUT2D eigenvalue weighted by molar-refractivity contribution is 6.42. The van der Waals surface area contributed by atoms with E-state index in [4.69, 9.17) is 23.2 Å². The smallest absolute Gasteiger partial charge is 0.0637 e. The van der Waals surface area contributed by atoms with E-state index in [1.165, 1.54) is 32.4 Å². The summed E-state index contributed by atoms with van der Waals surface area (Å²) in [5.74, 6) is 0. The predicted molar refractivity (Wildman–Crippen MR) is 83.1 cm³/mol. The van der Waals surface area contributed by atoms with Gasteiger partial charge in [0.2, 0.25) is 0 Å². The van der Waals surface area contributed by atoms with Crippen LogP contribution in [-0.4, -0.2) is 30.6 Å². The van der Waals surface area contributed by atoms with Gasteiger partial charge in [0.1, 0.15) is 0 Å². The third-order valence-electron chi connectivity index (χ3n) is 3.65. The SMILES string of the molecule is CC(CN1CCCCC1)NCc1cccc(Cl)c1Cl. The Bertz CT molecular complexity index is 403. The molecule has 0 spiro atoms. The minimum atomic E-state index is 0.466. The highest BCUT2D eigenvalue weighted by Gasteiger charge is 2.13. The van der Waals surface area contributed by atoms with E-state index in [9.17, 15) is 0 Å². The van der Waals surface area contributed by atoms with E-state index in [0.29, 0.717) is 16.1 Å². The first-order valence-corrected chi connectivity index (χ1v) is 7.81. The molecule has 1 heterocycles. The van der Waals surface area contributed by atoms with Gasteiger partial charge in [-0.15, -0.1) is 0 Å². The maximum absolute atomic E-state index is 6.19. The summed E-state index contributed by atoms with van der Waals surface area (Å²) in [6.07, 6.45) is 4.07. The van der Waals surface area contributed by atoms with Gasteiger partial charge in [0.05, 0.1) is 10.0 Å². The minimum Gasteiger partial charge on any atom is -0.309 e. The third kappa shape index (κ3) is 4.64. The van der Waals surface area contributed by atoms with E-state index in [0.717, 1.165) is 18.7 Å². The van der Waals surface area contributed by atoms with Crippen molar-refractivity contribution < 1.29 is 0 Å². The topological polar surface area (TPSA) is 15.3 Å². The maximum atomic E-state index is 6.19. The first-order chi connectivity index (χ1) is 9.16. The zero-order valence-electron chi connectivity index (χ0n) is 11.5. The van der Waals surface area contributed by atoms with E-state index in [-0.39, 0.29) is 0 Å². The summed E-state index contributed by atoms with van der Waals surface area (Å²) >= 11 is 12.2. The van der Waals surface area contributed by atoms with Crippen LogP contribution in [-0.2, 0) is 6.54 Å². The standard InChI is InChI=1S/C15H22Cl2N2/c1-12(11-19-8-3-2-4-9-19)18-10-13-6-5-7-14(16)15(13)17/h5-7,12,18H,2-4,8-11H2,1H3. The highest BCUT2D eigenvalue weighted by Crippen LogP contribution is 2.25. The molecule has 0 aliphatic carbocycles. The molecule has 0 saturated carbocycles. The molecule has 19 heavy (non-hydrogen) atoms. The van der Waals surface area contributed by atoms with Crippen LogP contribution in [0.5, 0.6) is 0 Å². The van der Waals surface area contributed by atoms with Gasteiger partial charge in [0.15, 0.2) is 0 Å². The van der Waals surface area contributed by atoms with Crippen LogP contribution in [0, 0.1) is 0 Å². The second-order valence-corrected chi connectivity index (χ2v) is 6.14. The van der Waals surface area contributed by atoms with Gasteiger partial charge < -0.3 is 10.2 Å². The Morgan fingerprint density at radius 3 is 2.68 bits per heavy atom. The number of nitrogens with zero attached hydrogens (tertiary/aromatic N) is 1. The fourth-order valence-corrected chi connectivity index (χ4v) is 2.95. The first-order valence-electron chi connectivity index (χ1n) is 7.05. The van der Waals surface area contributed by atoms with Gasteiger partial charge in [-0.2, -0.15) is 0 Å². The molecule has 2 rings (SSSR count). The molecule has 0 aromatic heterocycles. The fraction of sp³-hybridized carbons (Fsp3) is 0.600. The maximum Gasteiger partial charge on any atom is 0.0637 e. The summed E-state index contributed by atoms with van der Waals surface area (Å²) in [6, 6.07) is 6.26. The normalized spacial score (nSPS) is 18.5. The number of rotatable bonds is 5. The zero-order valence-corrected chi connectivity index (χ0v) is 13.0. The number of halogens is 2. The molecule has 4 heteroatoms. The van der Waals surface area contributed by atoms with Crippen molar-refractivity contribution in [1.82, 2.24) is 10.2 Å². The molecule has 106 valence electrons. The number of hydrogen-bond acceptors (Lipinski definition) is 2. The first kappa shape index (κ1) is 15.1. The van der Waals surface area contributed by atoms with Crippen LogP contribution in [0.15, 0.2) is 18.2 Å². The third-order valence-corrected chi connectivity index (χ3v) is 4.51. The molecule has 1 atom stereocenters. The molecule has 1 saturated heterocycles. The molecule has 0 amide bonds. The van der Waals surface area contributed by atoms with Crippen LogP contribution in [0.25, 0.3) is 0 Å². The molecule has 1 aliphatic rings. The second kappa shape index (κ2) is 7.49. The van der Waals surface area contributed by atoms with E-state index < -0.39 is 0 Å². The summed E-state index contributed by atoms with van der Waals surface area (Å²) in [5, 5.41) is 4.83. The Kier molecular flexibility index (Phi) is 5.96. The van der Waals surface area contributed by atoms with Crippen LogP contribution < -0.4 is 5.32 Å². The lowest BCUT2D eigenvalue weighted by molar-refractivity contribution is 0.209. The summed E-state index contributed by atoms with van der Waals surface area (Å²) in [5.41, 5.74) is 1.07. The quantitative estimate of drug-likeness (QED) is 0.885. The van der Waals surface area contributed by atoms with Gasteiger partial charge in [-0.05, 0) is 44.5 Å². The molecule has 1 unspecified atom stereocenters. The Morgan fingerprint density at radius 2 is 1.95 bits per heavy atom. The molecule has 1 aliphatic heterocycles. The number of hydrogen-bond donors (Lipinski definition) is 1. The van der Waals surface area contributed by atoms with Crippen LogP contribution in [0.2, 0.25) is 10.0 Å². The molecule has 1 N–H and O–H groups in total. The largest absolute Gasteiger partial charge is 0.309 e. The Hall–Kier alpha value is -0.280. The molecular weight excluding hydrogens is 279 g/mol. The van der Waals surface area contributed by atoms with E-state index in [1.54, 1.807) is 0 Å². The summed E-state index contributed by atoms with van der Waals surface area (Å²) in [7, 11) is 0. The Balaban J connectivity index is 1.79.